The minimum atomic E-state index is -0.0312. The van der Waals surface area contributed by atoms with E-state index in [9.17, 15) is 9.59 Å². The number of nitrogens with one attached hydrogen (secondary N) is 2. The molecule has 0 aromatic heterocycles. The standard InChI is InChI=1S/C19H30N2O4/c1-5-9-20-18(22)11-14(2)12-19(23)21-10-8-15-6-7-16(24-3)17(13-15)25-4/h6-7,13-14H,5,8-12H2,1-4H3,(H,20,22)(H,21,23)/t14-/m0/s1. The van der Waals surface area contributed by atoms with Crippen molar-refractivity contribution < 1.29 is 19.1 Å². The third kappa shape index (κ3) is 7.92. The fourth-order valence-corrected chi connectivity index (χ4v) is 2.50. The number of hydrogen-bond donors (Lipinski definition) is 2. The molecule has 0 aliphatic carbocycles. The van der Waals surface area contributed by atoms with Gasteiger partial charge < -0.3 is 20.1 Å². The number of carbonyl (C=O) groups excluding carboxylic acids is 2. The van der Waals surface area contributed by atoms with Crippen molar-refractivity contribution in [2.45, 2.75) is 39.5 Å². The van der Waals surface area contributed by atoms with E-state index >= 15 is 0 Å². The zero-order valence-corrected chi connectivity index (χ0v) is 15.7. The molecule has 1 aromatic carbocycles. The highest BCUT2D eigenvalue weighted by Gasteiger charge is 2.13. The van der Waals surface area contributed by atoms with Crippen LogP contribution in [0.5, 0.6) is 11.5 Å². The van der Waals surface area contributed by atoms with Gasteiger partial charge in [-0.3, -0.25) is 9.59 Å². The molecule has 0 aliphatic rings. The molecule has 1 atom stereocenters. The first-order valence-corrected chi connectivity index (χ1v) is 8.74. The van der Waals surface area contributed by atoms with Gasteiger partial charge >= 0.3 is 0 Å². The number of amides is 2. The number of methoxy groups -OCH3 is 2. The number of hydrogen-bond acceptors (Lipinski definition) is 4. The predicted molar refractivity (Wildman–Crippen MR) is 98.0 cm³/mol. The van der Waals surface area contributed by atoms with Crippen LogP contribution < -0.4 is 20.1 Å². The summed E-state index contributed by atoms with van der Waals surface area (Å²) in [4.78, 5) is 23.6. The summed E-state index contributed by atoms with van der Waals surface area (Å²) in [7, 11) is 3.20. The molecule has 140 valence electrons. The van der Waals surface area contributed by atoms with Gasteiger partial charge in [-0.15, -0.1) is 0 Å². The minimum Gasteiger partial charge on any atom is -0.493 e. The fraction of sp³-hybridized carbons (Fsp3) is 0.579. The summed E-state index contributed by atoms with van der Waals surface area (Å²) in [5, 5.41) is 5.73. The average Bonchev–Trinajstić information content (AvgIpc) is 2.59. The molecular weight excluding hydrogens is 320 g/mol. The lowest BCUT2D eigenvalue weighted by atomic mass is 10.0. The molecule has 0 bridgehead atoms. The monoisotopic (exact) mass is 350 g/mol. The first-order chi connectivity index (χ1) is 12.0. The van der Waals surface area contributed by atoms with Gasteiger partial charge in [0, 0.05) is 25.9 Å². The van der Waals surface area contributed by atoms with Gasteiger partial charge in [0.1, 0.15) is 0 Å². The zero-order chi connectivity index (χ0) is 18.7. The van der Waals surface area contributed by atoms with E-state index in [0.29, 0.717) is 43.9 Å². The second kappa shape index (κ2) is 11.3. The summed E-state index contributed by atoms with van der Waals surface area (Å²) in [6.07, 6.45) is 2.35. The first kappa shape index (κ1) is 20.8. The first-order valence-electron chi connectivity index (χ1n) is 8.74. The molecule has 0 radical (unpaired) electrons. The summed E-state index contributed by atoms with van der Waals surface area (Å²) in [5.41, 5.74) is 1.06. The highest BCUT2D eigenvalue weighted by molar-refractivity contribution is 5.79. The van der Waals surface area contributed by atoms with Gasteiger partial charge in [-0.05, 0) is 36.5 Å². The Kier molecular flexibility index (Phi) is 9.43. The summed E-state index contributed by atoms with van der Waals surface area (Å²) in [5.74, 6) is 1.37. The van der Waals surface area contributed by atoms with E-state index in [0.717, 1.165) is 12.0 Å². The number of ether oxygens (including phenoxy) is 2. The second-order valence-corrected chi connectivity index (χ2v) is 6.15. The summed E-state index contributed by atoms with van der Waals surface area (Å²) >= 11 is 0. The molecule has 2 N–H and O–H groups in total. The number of carbonyl (C=O) groups is 2. The molecule has 6 heteroatoms. The van der Waals surface area contributed by atoms with Crippen LogP contribution in [0.1, 0.15) is 38.7 Å². The van der Waals surface area contributed by atoms with Crippen molar-refractivity contribution in [2.75, 3.05) is 27.3 Å². The predicted octanol–water partition coefficient (Wildman–Crippen LogP) is 2.30. The Labute approximate surface area is 150 Å². The second-order valence-electron chi connectivity index (χ2n) is 6.15. The Morgan fingerprint density at radius 2 is 1.60 bits per heavy atom. The Morgan fingerprint density at radius 1 is 1.00 bits per heavy atom. The van der Waals surface area contributed by atoms with Crippen LogP contribution in [0.3, 0.4) is 0 Å². The van der Waals surface area contributed by atoms with Crippen molar-refractivity contribution in [1.29, 1.82) is 0 Å². The van der Waals surface area contributed by atoms with E-state index in [1.165, 1.54) is 0 Å². The van der Waals surface area contributed by atoms with Gasteiger partial charge in [0.05, 0.1) is 14.2 Å². The summed E-state index contributed by atoms with van der Waals surface area (Å²) in [6, 6.07) is 5.72. The molecule has 0 fully saturated rings. The van der Waals surface area contributed by atoms with Gasteiger partial charge in [0.2, 0.25) is 11.8 Å². The summed E-state index contributed by atoms with van der Waals surface area (Å²) in [6.45, 7) is 5.15. The Bertz CT molecular complexity index is 560. The van der Waals surface area contributed by atoms with Gasteiger partial charge in [0.15, 0.2) is 11.5 Å². The van der Waals surface area contributed by atoms with Crippen molar-refractivity contribution in [3.05, 3.63) is 23.8 Å². The molecule has 6 nitrogen and oxygen atoms in total. The van der Waals surface area contributed by atoms with Crippen molar-refractivity contribution in [3.63, 3.8) is 0 Å². The molecule has 0 spiro atoms. The third-order valence-electron chi connectivity index (χ3n) is 3.82. The average molecular weight is 350 g/mol. The van der Waals surface area contributed by atoms with E-state index in [-0.39, 0.29) is 17.7 Å². The Morgan fingerprint density at radius 3 is 2.16 bits per heavy atom. The Hall–Kier alpha value is -2.24. The molecule has 0 unspecified atom stereocenters. The molecule has 0 heterocycles. The molecule has 0 saturated carbocycles. The molecule has 1 rings (SSSR count). The van der Waals surface area contributed by atoms with E-state index in [2.05, 4.69) is 10.6 Å². The summed E-state index contributed by atoms with van der Waals surface area (Å²) < 4.78 is 10.5. The maximum Gasteiger partial charge on any atom is 0.220 e. The molecular formula is C19H30N2O4. The molecule has 2 amide bonds. The molecule has 0 aliphatic heterocycles. The lowest BCUT2D eigenvalue weighted by Gasteiger charge is -2.12. The quantitative estimate of drug-likeness (QED) is 0.642. The normalized spacial score (nSPS) is 11.5. The van der Waals surface area contributed by atoms with Crippen molar-refractivity contribution >= 4 is 11.8 Å². The minimum absolute atomic E-state index is 0.00692. The molecule has 0 saturated heterocycles. The van der Waals surface area contributed by atoms with E-state index in [4.69, 9.17) is 9.47 Å². The van der Waals surface area contributed by atoms with E-state index in [1.807, 2.05) is 32.0 Å². The van der Waals surface area contributed by atoms with E-state index < -0.39 is 0 Å². The van der Waals surface area contributed by atoms with Gasteiger partial charge in [-0.1, -0.05) is 19.9 Å². The van der Waals surface area contributed by atoms with Crippen LogP contribution in [-0.4, -0.2) is 39.1 Å². The van der Waals surface area contributed by atoms with Crippen LogP contribution in [0.25, 0.3) is 0 Å². The van der Waals surface area contributed by atoms with Gasteiger partial charge in [-0.2, -0.15) is 0 Å². The SMILES string of the molecule is CCCNC(=O)C[C@H](C)CC(=O)NCCc1ccc(OC)c(OC)c1. The van der Waals surface area contributed by atoms with Crippen LogP contribution in [0, 0.1) is 5.92 Å². The van der Waals surface area contributed by atoms with Crippen LogP contribution in [-0.2, 0) is 16.0 Å². The third-order valence-corrected chi connectivity index (χ3v) is 3.82. The van der Waals surface area contributed by atoms with Gasteiger partial charge in [-0.25, -0.2) is 0 Å². The van der Waals surface area contributed by atoms with Crippen molar-refractivity contribution in [3.8, 4) is 11.5 Å². The fourth-order valence-electron chi connectivity index (χ4n) is 2.50. The van der Waals surface area contributed by atoms with Crippen LogP contribution in [0.2, 0.25) is 0 Å². The van der Waals surface area contributed by atoms with E-state index in [1.54, 1.807) is 14.2 Å². The largest absolute Gasteiger partial charge is 0.493 e. The van der Waals surface area contributed by atoms with Crippen molar-refractivity contribution in [1.82, 2.24) is 10.6 Å². The van der Waals surface area contributed by atoms with Crippen LogP contribution in [0.4, 0.5) is 0 Å². The lowest BCUT2D eigenvalue weighted by Crippen LogP contribution is -2.30. The zero-order valence-electron chi connectivity index (χ0n) is 15.7. The maximum atomic E-state index is 12.0. The Balaban J connectivity index is 2.33. The molecule has 1 aromatic rings. The van der Waals surface area contributed by atoms with Crippen molar-refractivity contribution in [2.24, 2.45) is 5.92 Å². The smallest absolute Gasteiger partial charge is 0.220 e. The number of rotatable bonds is 11. The molecule has 25 heavy (non-hydrogen) atoms. The number of benzene rings is 1. The van der Waals surface area contributed by atoms with Gasteiger partial charge in [0.25, 0.3) is 0 Å². The van der Waals surface area contributed by atoms with Crippen LogP contribution >= 0.6 is 0 Å². The highest BCUT2D eigenvalue weighted by atomic mass is 16.5. The lowest BCUT2D eigenvalue weighted by molar-refractivity contribution is -0.123. The topological polar surface area (TPSA) is 76.7 Å². The highest BCUT2D eigenvalue weighted by Crippen LogP contribution is 2.27. The van der Waals surface area contributed by atoms with Crippen LogP contribution in [0.15, 0.2) is 18.2 Å². The maximum absolute atomic E-state index is 12.0.